The van der Waals surface area contributed by atoms with Crippen LogP contribution in [0.15, 0.2) is 36.3 Å². The quantitative estimate of drug-likeness (QED) is 0.429. The molecule has 1 atom stereocenters. The number of allylic oxidation sites excluding steroid dienone is 2. The zero-order chi connectivity index (χ0) is 25.2. The second kappa shape index (κ2) is 9.85. The van der Waals surface area contributed by atoms with Crippen LogP contribution in [0, 0.1) is 13.8 Å². The van der Waals surface area contributed by atoms with Crippen molar-refractivity contribution >= 4 is 11.6 Å². The van der Waals surface area contributed by atoms with Gasteiger partial charge in [-0.2, -0.15) is 9.97 Å². The Balaban J connectivity index is 1.76. The molecular formula is C26H33N3O5. The number of nitrogens with one attached hydrogen (secondary N) is 1. The Morgan fingerprint density at radius 3 is 2.38 bits per heavy atom. The zero-order valence-corrected chi connectivity index (χ0v) is 21.2. The van der Waals surface area contributed by atoms with E-state index in [4.69, 9.17) is 18.9 Å². The highest BCUT2D eigenvalue weighted by molar-refractivity contribution is 6.03. The molecule has 0 fully saturated rings. The third-order valence-corrected chi connectivity index (χ3v) is 5.84. The summed E-state index contributed by atoms with van der Waals surface area (Å²) in [5, 5.41) is 2.68. The van der Waals surface area contributed by atoms with Gasteiger partial charge in [0.05, 0.1) is 25.9 Å². The lowest BCUT2D eigenvalue weighted by Gasteiger charge is -2.20. The normalized spacial score (nSPS) is 16.6. The fraction of sp³-hybridized carbons (Fsp3) is 0.423. The first-order valence-corrected chi connectivity index (χ1v) is 11.1. The molecule has 3 rings (SSSR count). The predicted octanol–water partition coefficient (Wildman–Crippen LogP) is 5.05. The van der Waals surface area contributed by atoms with E-state index in [1.165, 1.54) is 25.3 Å². The fourth-order valence-corrected chi connectivity index (χ4v) is 4.09. The summed E-state index contributed by atoms with van der Waals surface area (Å²) in [6, 6.07) is 4.35. The van der Waals surface area contributed by atoms with E-state index >= 15 is 0 Å². The molecule has 2 aromatic rings. The van der Waals surface area contributed by atoms with Gasteiger partial charge in [0.1, 0.15) is 11.6 Å². The van der Waals surface area contributed by atoms with Crippen LogP contribution in [0.2, 0.25) is 0 Å². The van der Waals surface area contributed by atoms with Gasteiger partial charge in [-0.05, 0) is 69.9 Å². The standard InChI is InChI=1S/C26H33N3O5/c1-10-19(12-18-13-20-15(3)34-26(6,7)21(20)11-14(18)2)33-16(4)23(30)29-22-24(31-8)27-17(5)28-25(22)32-9/h10-11,13,15H,4,12H2,1-3,5-9H3,(H,29,30)/b19-10-. The van der Waals surface area contributed by atoms with Crippen molar-refractivity contribution < 1.29 is 23.7 Å². The topological polar surface area (TPSA) is 91.8 Å². The second-order valence-corrected chi connectivity index (χ2v) is 8.71. The maximum Gasteiger partial charge on any atom is 0.291 e. The van der Waals surface area contributed by atoms with Crippen molar-refractivity contribution in [1.82, 2.24) is 9.97 Å². The smallest absolute Gasteiger partial charge is 0.291 e. The molecule has 0 saturated carbocycles. The number of hydrogen-bond acceptors (Lipinski definition) is 7. The number of methoxy groups -OCH3 is 2. The highest BCUT2D eigenvalue weighted by Gasteiger charge is 2.36. The molecule has 0 bridgehead atoms. The van der Waals surface area contributed by atoms with Gasteiger partial charge in [-0.1, -0.05) is 18.7 Å². The number of rotatable bonds is 8. The molecule has 34 heavy (non-hydrogen) atoms. The molecule has 0 saturated heterocycles. The zero-order valence-electron chi connectivity index (χ0n) is 21.2. The van der Waals surface area contributed by atoms with Crippen LogP contribution in [0.25, 0.3) is 0 Å². The Hall–Kier alpha value is -3.39. The monoisotopic (exact) mass is 467 g/mol. The van der Waals surface area contributed by atoms with Crippen molar-refractivity contribution in [3.63, 3.8) is 0 Å². The Labute approximate surface area is 201 Å². The third kappa shape index (κ3) is 5.07. The Bertz CT molecular complexity index is 1130. The summed E-state index contributed by atoms with van der Waals surface area (Å²) in [4.78, 5) is 21.2. The number of aryl methyl sites for hydroxylation is 2. The average Bonchev–Trinajstić information content (AvgIpc) is 3.01. The van der Waals surface area contributed by atoms with Gasteiger partial charge in [0.15, 0.2) is 11.4 Å². The molecule has 1 aliphatic heterocycles. The van der Waals surface area contributed by atoms with Gasteiger partial charge in [-0.15, -0.1) is 0 Å². The van der Waals surface area contributed by atoms with Crippen LogP contribution in [0.4, 0.5) is 5.69 Å². The van der Waals surface area contributed by atoms with E-state index in [-0.39, 0.29) is 34.9 Å². The Morgan fingerprint density at radius 2 is 1.82 bits per heavy atom. The van der Waals surface area contributed by atoms with E-state index in [9.17, 15) is 4.79 Å². The summed E-state index contributed by atoms with van der Waals surface area (Å²) in [6.45, 7) is 15.7. The lowest BCUT2D eigenvalue weighted by Crippen LogP contribution is -2.18. The number of ether oxygens (including phenoxy) is 4. The molecule has 1 aliphatic rings. The lowest BCUT2D eigenvalue weighted by atomic mass is 9.89. The van der Waals surface area contributed by atoms with E-state index in [2.05, 4.69) is 61.7 Å². The summed E-state index contributed by atoms with van der Waals surface area (Å²) in [7, 11) is 2.90. The summed E-state index contributed by atoms with van der Waals surface area (Å²) in [5.41, 5.74) is 4.51. The van der Waals surface area contributed by atoms with Gasteiger partial charge in [-0.25, -0.2) is 0 Å². The van der Waals surface area contributed by atoms with Gasteiger partial charge in [0, 0.05) is 6.42 Å². The van der Waals surface area contributed by atoms with Crippen LogP contribution >= 0.6 is 0 Å². The van der Waals surface area contributed by atoms with E-state index in [0.29, 0.717) is 18.0 Å². The molecule has 182 valence electrons. The van der Waals surface area contributed by atoms with Gasteiger partial charge in [0.2, 0.25) is 11.8 Å². The number of carbonyl (C=O) groups excluding carboxylic acids is 1. The molecule has 8 heteroatoms. The van der Waals surface area contributed by atoms with Crippen LogP contribution < -0.4 is 14.8 Å². The number of hydrogen-bond donors (Lipinski definition) is 1. The first-order chi connectivity index (χ1) is 16.0. The fourth-order valence-electron chi connectivity index (χ4n) is 4.09. The van der Waals surface area contributed by atoms with E-state index < -0.39 is 5.91 Å². The van der Waals surface area contributed by atoms with E-state index in [1.807, 2.05) is 13.0 Å². The van der Waals surface area contributed by atoms with E-state index in [1.54, 1.807) is 6.92 Å². The SMILES string of the molecule is C=C(O/C(=C\C)Cc1cc2c(cc1C)C(C)(C)OC2C)C(=O)Nc1c(OC)nc(C)nc1OC. The van der Waals surface area contributed by atoms with Crippen molar-refractivity contribution in [3.8, 4) is 11.8 Å². The summed E-state index contributed by atoms with van der Waals surface area (Å²) in [5.74, 6) is 0.792. The molecule has 0 aliphatic carbocycles. The second-order valence-electron chi connectivity index (χ2n) is 8.71. The van der Waals surface area contributed by atoms with Gasteiger partial charge >= 0.3 is 0 Å². The number of aromatic nitrogens is 2. The summed E-state index contributed by atoms with van der Waals surface area (Å²) >= 11 is 0. The van der Waals surface area contributed by atoms with Crippen molar-refractivity contribution in [2.75, 3.05) is 19.5 Å². The molecule has 0 radical (unpaired) electrons. The minimum Gasteiger partial charge on any atom is -0.479 e. The molecule has 8 nitrogen and oxygen atoms in total. The highest BCUT2D eigenvalue weighted by atomic mass is 16.5. The van der Waals surface area contributed by atoms with Crippen LogP contribution in [0.3, 0.4) is 0 Å². The van der Waals surface area contributed by atoms with Gasteiger partial charge in [-0.3, -0.25) is 4.79 Å². The average molecular weight is 468 g/mol. The first kappa shape index (κ1) is 25.2. The third-order valence-electron chi connectivity index (χ3n) is 5.84. The minimum absolute atomic E-state index is 0.0155. The lowest BCUT2D eigenvalue weighted by molar-refractivity contribution is -0.115. The number of amides is 1. The van der Waals surface area contributed by atoms with Crippen LogP contribution in [-0.2, 0) is 26.3 Å². The largest absolute Gasteiger partial charge is 0.479 e. The molecule has 1 N–H and O–H groups in total. The maximum absolute atomic E-state index is 12.8. The molecule has 1 amide bonds. The van der Waals surface area contributed by atoms with Gasteiger partial charge in [0.25, 0.3) is 5.91 Å². The van der Waals surface area contributed by atoms with Crippen molar-refractivity contribution in [1.29, 1.82) is 0 Å². The van der Waals surface area contributed by atoms with Crippen molar-refractivity contribution in [3.05, 3.63) is 64.4 Å². The molecule has 2 heterocycles. The number of anilines is 1. The molecular weight excluding hydrogens is 434 g/mol. The predicted molar refractivity (Wildman–Crippen MR) is 130 cm³/mol. The molecule has 1 unspecified atom stereocenters. The van der Waals surface area contributed by atoms with Crippen LogP contribution in [-0.4, -0.2) is 30.1 Å². The first-order valence-electron chi connectivity index (χ1n) is 11.1. The number of benzene rings is 1. The summed E-state index contributed by atoms with van der Waals surface area (Å²) in [6.07, 6.45) is 2.35. The number of fused-ring (bicyclic) bond motifs is 1. The van der Waals surface area contributed by atoms with Gasteiger partial charge < -0.3 is 24.3 Å². The molecule has 1 aromatic carbocycles. The Kier molecular flexibility index (Phi) is 7.31. The summed E-state index contributed by atoms with van der Waals surface area (Å²) < 4.78 is 22.5. The highest BCUT2D eigenvalue weighted by Crippen LogP contribution is 2.44. The molecule has 0 spiro atoms. The van der Waals surface area contributed by atoms with Crippen molar-refractivity contribution in [2.24, 2.45) is 0 Å². The number of carbonyl (C=O) groups is 1. The maximum atomic E-state index is 12.8. The minimum atomic E-state index is -0.558. The Morgan fingerprint density at radius 1 is 1.21 bits per heavy atom. The van der Waals surface area contributed by atoms with E-state index in [0.717, 1.165) is 11.1 Å². The van der Waals surface area contributed by atoms with Crippen LogP contribution in [0.5, 0.6) is 11.8 Å². The number of nitrogens with zero attached hydrogens (tertiary/aromatic N) is 2. The van der Waals surface area contributed by atoms with Crippen LogP contribution in [0.1, 0.15) is 61.9 Å². The molecule has 1 aromatic heterocycles. The van der Waals surface area contributed by atoms with Crippen molar-refractivity contribution in [2.45, 2.75) is 59.7 Å².